The molecule has 0 amide bonds. The Morgan fingerprint density at radius 3 is 2.82 bits per heavy atom. The molecule has 0 saturated heterocycles. The van der Waals surface area contributed by atoms with E-state index in [-0.39, 0.29) is 12.1 Å². The van der Waals surface area contributed by atoms with Gasteiger partial charge < -0.3 is 10.4 Å². The monoisotopic (exact) mass is 233 g/mol. The predicted molar refractivity (Wildman–Crippen MR) is 72.4 cm³/mol. The van der Waals surface area contributed by atoms with E-state index < -0.39 is 0 Å². The van der Waals surface area contributed by atoms with Crippen LogP contribution in [-0.4, -0.2) is 17.3 Å². The maximum atomic E-state index is 10.2. The normalized spacial score (nSPS) is 24.9. The van der Waals surface area contributed by atoms with Gasteiger partial charge in [0.05, 0.1) is 12.1 Å². The lowest BCUT2D eigenvalue weighted by Gasteiger charge is -2.36. The Bertz CT molecular complexity index is 389. The minimum Gasteiger partial charge on any atom is -0.391 e. The van der Waals surface area contributed by atoms with Crippen LogP contribution in [-0.2, 0) is 12.8 Å². The van der Waals surface area contributed by atoms with Crippen LogP contribution >= 0.6 is 0 Å². The second-order valence-corrected chi connectivity index (χ2v) is 5.13. The Balaban J connectivity index is 2.31. The zero-order valence-corrected chi connectivity index (χ0v) is 11.0. The molecule has 94 valence electrons. The molecule has 1 heterocycles. The highest BCUT2D eigenvalue weighted by Gasteiger charge is 2.30. The van der Waals surface area contributed by atoms with Gasteiger partial charge in [0, 0.05) is 12.1 Å². The van der Waals surface area contributed by atoms with Gasteiger partial charge in [0.2, 0.25) is 0 Å². The summed E-state index contributed by atoms with van der Waals surface area (Å²) in [5.74, 6) is 0.503. The summed E-state index contributed by atoms with van der Waals surface area (Å²) in [4.78, 5) is 0. The number of anilines is 1. The average molecular weight is 233 g/mol. The van der Waals surface area contributed by atoms with Crippen LogP contribution in [0.3, 0.4) is 0 Å². The maximum absolute atomic E-state index is 10.2. The van der Waals surface area contributed by atoms with Gasteiger partial charge in [-0.1, -0.05) is 45.4 Å². The van der Waals surface area contributed by atoms with E-state index in [1.54, 1.807) is 0 Å². The molecule has 2 rings (SSSR count). The SMILES string of the molecule is CCc1cccc2c1NC(C(C)CC)C(O)C2. The fraction of sp³-hybridized carbons (Fsp3) is 0.600. The van der Waals surface area contributed by atoms with Gasteiger partial charge in [-0.15, -0.1) is 0 Å². The van der Waals surface area contributed by atoms with Gasteiger partial charge >= 0.3 is 0 Å². The molecule has 1 aromatic carbocycles. The molecule has 0 radical (unpaired) electrons. The van der Waals surface area contributed by atoms with Crippen LogP contribution in [0.15, 0.2) is 18.2 Å². The summed E-state index contributed by atoms with van der Waals surface area (Å²) in [6.45, 7) is 6.57. The molecule has 0 aromatic heterocycles. The topological polar surface area (TPSA) is 32.3 Å². The Labute approximate surface area is 104 Å². The third kappa shape index (κ3) is 2.32. The fourth-order valence-corrected chi connectivity index (χ4v) is 2.69. The first-order valence-electron chi connectivity index (χ1n) is 6.72. The maximum Gasteiger partial charge on any atom is 0.0784 e. The van der Waals surface area contributed by atoms with Gasteiger partial charge in [-0.25, -0.2) is 0 Å². The van der Waals surface area contributed by atoms with Crippen molar-refractivity contribution in [1.82, 2.24) is 0 Å². The van der Waals surface area contributed by atoms with Crippen molar-refractivity contribution in [2.45, 2.75) is 52.2 Å². The molecule has 2 heteroatoms. The fourth-order valence-electron chi connectivity index (χ4n) is 2.69. The second-order valence-electron chi connectivity index (χ2n) is 5.13. The molecule has 2 N–H and O–H groups in total. The van der Waals surface area contributed by atoms with Crippen LogP contribution < -0.4 is 5.32 Å². The van der Waals surface area contributed by atoms with Gasteiger partial charge in [0.15, 0.2) is 0 Å². The van der Waals surface area contributed by atoms with Gasteiger partial charge in [0.1, 0.15) is 0 Å². The first kappa shape index (κ1) is 12.4. The number of aliphatic hydroxyl groups is 1. The van der Waals surface area contributed by atoms with Crippen LogP contribution in [0.25, 0.3) is 0 Å². The molecular formula is C15H23NO. The molecule has 1 aliphatic heterocycles. The Morgan fingerprint density at radius 2 is 2.18 bits per heavy atom. The Kier molecular flexibility index (Phi) is 3.72. The van der Waals surface area contributed by atoms with Crippen LogP contribution in [0.4, 0.5) is 5.69 Å². The van der Waals surface area contributed by atoms with E-state index in [9.17, 15) is 5.11 Å². The van der Waals surface area contributed by atoms with Crippen LogP contribution in [0.2, 0.25) is 0 Å². The zero-order valence-electron chi connectivity index (χ0n) is 11.0. The van der Waals surface area contributed by atoms with Crippen LogP contribution in [0.5, 0.6) is 0 Å². The van der Waals surface area contributed by atoms with Crippen molar-refractivity contribution >= 4 is 5.69 Å². The molecule has 0 fully saturated rings. The zero-order chi connectivity index (χ0) is 12.4. The summed E-state index contributed by atoms with van der Waals surface area (Å²) in [6, 6.07) is 6.59. The van der Waals surface area contributed by atoms with Crippen molar-refractivity contribution in [3.05, 3.63) is 29.3 Å². The van der Waals surface area contributed by atoms with E-state index in [1.807, 2.05) is 0 Å². The highest BCUT2D eigenvalue weighted by atomic mass is 16.3. The smallest absolute Gasteiger partial charge is 0.0784 e. The summed E-state index contributed by atoms with van der Waals surface area (Å²) in [6.07, 6.45) is 2.66. The highest BCUT2D eigenvalue weighted by molar-refractivity contribution is 5.60. The van der Waals surface area contributed by atoms with E-state index in [4.69, 9.17) is 0 Å². The molecule has 0 spiro atoms. The largest absolute Gasteiger partial charge is 0.391 e. The van der Waals surface area contributed by atoms with Crippen molar-refractivity contribution < 1.29 is 5.11 Å². The molecule has 0 bridgehead atoms. The predicted octanol–water partition coefficient (Wildman–Crippen LogP) is 2.99. The summed E-state index contributed by atoms with van der Waals surface area (Å²) < 4.78 is 0. The summed E-state index contributed by atoms with van der Waals surface area (Å²) in [5, 5.41) is 13.8. The molecule has 1 aromatic rings. The molecule has 0 saturated carbocycles. The number of aliphatic hydroxyl groups excluding tert-OH is 1. The molecule has 17 heavy (non-hydrogen) atoms. The van der Waals surface area contributed by atoms with Crippen molar-refractivity contribution in [3.8, 4) is 0 Å². The van der Waals surface area contributed by atoms with Crippen molar-refractivity contribution in [2.24, 2.45) is 5.92 Å². The molecule has 3 atom stereocenters. The Hall–Kier alpha value is -1.02. The van der Waals surface area contributed by atoms with E-state index in [2.05, 4.69) is 44.3 Å². The Morgan fingerprint density at radius 1 is 1.41 bits per heavy atom. The lowest BCUT2D eigenvalue weighted by molar-refractivity contribution is 0.124. The lowest BCUT2D eigenvalue weighted by Crippen LogP contribution is -2.43. The van der Waals surface area contributed by atoms with Gasteiger partial charge in [-0.2, -0.15) is 0 Å². The molecule has 3 unspecified atom stereocenters. The first-order valence-corrected chi connectivity index (χ1v) is 6.72. The third-order valence-corrected chi connectivity index (χ3v) is 4.03. The number of rotatable bonds is 3. The van der Waals surface area contributed by atoms with Crippen LogP contribution in [0.1, 0.15) is 38.3 Å². The molecule has 2 nitrogen and oxygen atoms in total. The first-order chi connectivity index (χ1) is 8.17. The minimum absolute atomic E-state index is 0.195. The standard InChI is InChI=1S/C15H23NO/c1-4-10(3)14-13(17)9-12-8-6-7-11(5-2)15(12)16-14/h6-8,10,13-14,16-17H,4-5,9H2,1-3H3. The number of hydrogen-bond donors (Lipinski definition) is 2. The van der Waals surface area contributed by atoms with E-state index in [1.165, 1.54) is 16.8 Å². The molecule has 0 aliphatic carbocycles. The van der Waals surface area contributed by atoms with Crippen molar-refractivity contribution in [3.63, 3.8) is 0 Å². The number of para-hydroxylation sites is 1. The average Bonchev–Trinajstić information content (AvgIpc) is 2.36. The van der Waals surface area contributed by atoms with Crippen molar-refractivity contribution in [1.29, 1.82) is 0 Å². The summed E-state index contributed by atoms with van der Waals surface area (Å²) >= 11 is 0. The summed E-state index contributed by atoms with van der Waals surface area (Å²) in [7, 11) is 0. The van der Waals surface area contributed by atoms with Gasteiger partial charge in [0.25, 0.3) is 0 Å². The van der Waals surface area contributed by atoms with Gasteiger partial charge in [-0.3, -0.25) is 0 Å². The molecule has 1 aliphatic rings. The second kappa shape index (κ2) is 5.09. The van der Waals surface area contributed by atoms with Gasteiger partial charge in [-0.05, 0) is 23.5 Å². The lowest BCUT2D eigenvalue weighted by atomic mass is 9.85. The van der Waals surface area contributed by atoms with E-state index in [0.717, 1.165) is 19.3 Å². The highest BCUT2D eigenvalue weighted by Crippen LogP contribution is 2.32. The minimum atomic E-state index is -0.260. The van der Waals surface area contributed by atoms with E-state index in [0.29, 0.717) is 5.92 Å². The van der Waals surface area contributed by atoms with Crippen LogP contribution in [0, 0.1) is 5.92 Å². The number of benzene rings is 1. The number of nitrogens with one attached hydrogen (secondary N) is 1. The summed E-state index contributed by atoms with van der Waals surface area (Å²) in [5.41, 5.74) is 3.89. The third-order valence-electron chi connectivity index (χ3n) is 4.03. The van der Waals surface area contributed by atoms with Crippen molar-refractivity contribution in [2.75, 3.05) is 5.32 Å². The quantitative estimate of drug-likeness (QED) is 0.841. The number of fused-ring (bicyclic) bond motifs is 1. The number of aryl methyl sites for hydroxylation is 1. The molecular weight excluding hydrogens is 210 g/mol. The number of hydrogen-bond acceptors (Lipinski definition) is 2. The van der Waals surface area contributed by atoms with E-state index >= 15 is 0 Å².